The van der Waals surface area contributed by atoms with Crippen LogP contribution in [0.5, 0.6) is 0 Å². The zero-order chi connectivity index (χ0) is 13.9. The molecule has 0 aliphatic rings. The minimum atomic E-state index is -0.941. The summed E-state index contributed by atoms with van der Waals surface area (Å²) in [6.07, 6.45) is 9.01. The minimum absolute atomic E-state index is 0.442. The molecule has 0 saturated heterocycles. The second-order valence-electron chi connectivity index (χ2n) is 3.74. The first-order valence-electron chi connectivity index (χ1n) is 5.86. The number of carboxylic acid groups (broad SMARTS) is 1. The Morgan fingerprint density at radius 1 is 1.63 bits per heavy atom. The smallest absolute Gasteiger partial charge is 0.328 e. The van der Waals surface area contributed by atoms with Crippen molar-refractivity contribution in [2.24, 2.45) is 10.8 Å². The predicted molar refractivity (Wildman–Crippen MR) is 72.4 cm³/mol. The third-order valence-corrected chi connectivity index (χ3v) is 2.31. The van der Waals surface area contributed by atoms with Crippen LogP contribution in [0.15, 0.2) is 29.7 Å². The summed E-state index contributed by atoms with van der Waals surface area (Å²) in [7, 11) is 0. The molecule has 0 fully saturated rings. The maximum Gasteiger partial charge on any atom is 0.328 e. The molecule has 0 aliphatic carbocycles. The number of allylic oxidation sites excluding steroid dienone is 1. The Kier molecular flexibility index (Phi) is 7.00. The van der Waals surface area contributed by atoms with Gasteiger partial charge >= 0.3 is 5.97 Å². The summed E-state index contributed by atoms with van der Waals surface area (Å²) < 4.78 is 0. The molecule has 0 amide bonds. The average molecular weight is 263 g/mol. The van der Waals surface area contributed by atoms with Crippen LogP contribution in [0.4, 0.5) is 0 Å². The van der Waals surface area contributed by atoms with Crippen LogP contribution in [0.3, 0.4) is 0 Å². The van der Waals surface area contributed by atoms with E-state index < -0.39 is 12.0 Å². The first-order valence-corrected chi connectivity index (χ1v) is 5.86. The molecule has 0 unspecified atom stereocenters. The third-order valence-electron chi connectivity index (χ3n) is 2.31. The lowest BCUT2D eigenvalue weighted by atomic mass is 10.1. The van der Waals surface area contributed by atoms with E-state index in [2.05, 4.69) is 20.4 Å². The fraction of sp³-hybridized carbons (Fsp3) is 0.333. The van der Waals surface area contributed by atoms with E-state index in [1.807, 2.05) is 0 Å². The Balaban J connectivity index is 2.47. The maximum absolute atomic E-state index is 10.9. The SMILES string of the molecule is NNCCC[C@H](N=C/C=C/c1ccncn1)C(=O)O. The summed E-state index contributed by atoms with van der Waals surface area (Å²) in [5.74, 6) is 4.18. The molecule has 1 aromatic rings. The summed E-state index contributed by atoms with van der Waals surface area (Å²) in [5, 5.41) is 8.98. The second-order valence-corrected chi connectivity index (χ2v) is 3.74. The molecule has 0 spiro atoms. The van der Waals surface area contributed by atoms with Crippen molar-refractivity contribution >= 4 is 18.3 Å². The molecule has 7 heteroatoms. The van der Waals surface area contributed by atoms with Crippen LogP contribution < -0.4 is 11.3 Å². The standard InChI is InChI=1S/C12H17N5O2/c13-17-7-2-4-11(12(18)19)15-6-1-3-10-5-8-14-9-16-10/h1,3,5-6,8-9,11,17H,2,4,7,13H2,(H,18,19)/b3-1+,15-6?/t11-/m0/s1. The lowest BCUT2D eigenvalue weighted by Gasteiger charge is -2.05. The number of aliphatic carboxylic acids is 1. The van der Waals surface area contributed by atoms with Gasteiger partial charge in [-0.3, -0.25) is 16.3 Å². The van der Waals surface area contributed by atoms with E-state index in [1.165, 1.54) is 12.5 Å². The molecule has 0 aromatic carbocycles. The molecular weight excluding hydrogens is 246 g/mol. The van der Waals surface area contributed by atoms with Crippen LogP contribution in [-0.2, 0) is 4.79 Å². The normalized spacial score (nSPS) is 13.1. The molecule has 1 aromatic heterocycles. The van der Waals surface area contributed by atoms with Gasteiger partial charge in [0.25, 0.3) is 0 Å². The van der Waals surface area contributed by atoms with Crippen molar-refractivity contribution in [1.29, 1.82) is 0 Å². The fourth-order valence-electron chi connectivity index (χ4n) is 1.35. The molecule has 102 valence electrons. The minimum Gasteiger partial charge on any atom is -0.480 e. The summed E-state index contributed by atoms with van der Waals surface area (Å²) in [6, 6.07) is 0.995. The van der Waals surface area contributed by atoms with Crippen LogP contribution >= 0.6 is 0 Å². The highest BCUT2D eigenvalue weighted by molar-refractivity contribution is 5.81. The van der Waals surface area contributed by atoms with Crippen molar-refractivity contribution in [2.45, 2.75) is 18.9 Å². The third kappa shape index (κ3) is 6.39. The molecular formula is C12H17N5O2. The van der Waals surface area contributed by atoms with Gasteiger partial charge in [-0.15, -0.1) is 0 Å². The number of hydrogen-bond donors (Lipinski definition) is 3. The van der Waals surface area contributed by atoms with E-state index >= 15 is 0 Å². The highest BCUT2D eigenvalue weighted by Gasteiger charge is 2.13. The molecule has 1 rings (SSSR count). The Bertz CT molecular complexity index is 433. The number of aromatic nitrogens is 2. The molecule has 0 bridgehead atoms. The van der Waals surface area contributed by atoms with Gasteiger partial charge in [0.2, 0.25) is 0 Å². The number of nitrogens with two attached hydrogens (primary N) is 1. The van der Waals surface area contributed by atoms with Gasteiger partial charge in [0, 0.05) is 19.0 Å². The molecule has 19 heavy (non-hydrogen) atoms. The van der Waals surface area contributed by atoms with E-state index in [0.29, 0.717) is 19.4 Å². The largest absolute Gasteiger partial charge is 0.480 e. The van der Waals surface area contributed by atoms with Gasteiger partial charge in [0.1, 0.15) is 12.4 Å². The number of rotatable bonds is 8. The Morgan fingerprint density at radius 2 is 2.47 bits per heavy atom. The fourth-order valence-corrected chi connectivity index (χ4v) is 1.35. The van der Waals surface area contributed by atoms with E-state index in [4.69, 9.17) is 10.9 Å². The van der Waals surface area contributed by atoms with Gasteiger partial charge in [-0.1, -0.05) is 0 Å². The van der Waals surface area contributed by atoms with Crippen molar-refractivity contribution < 1.29 is 9.90 Å². The van der Waals surface area contributed by atoms with Crippen molar-refractivity contribution in [3.8, 4) is 0 Å². The van der Waals surface area contributed by atoms with Gasteiger partial charge in [-0.05, 0) is 31.1 Å². The summed E-state index contributed by atoms with van der Waals surface area (Å²) >= 11 is 0. The number of hydrogen-bond acceptors (Lipinski definition) is 6. The number of hydrazine groups is 1. The second kappa shape index (κ2) is 8.90. The Morgan fingerprint density at radius 3 is 3.11 bits per heavy atom. The van der Waals surface area contributed by atoms with E-state index in [0.717, 1.165) is 5.69 Å². The van der Waals surface area contributed by atoms with Crippen molar-refractivity contribution in [2.75, 3.05) is 6.54 Å². The zero-order valence-electron chi connectivity index (χ0n) is 10.4. The van der Waals surface area contributed by atoms with Crippen molar-refractivity contribution in [3.05, 3.63) is 30.4 Å². The molecule has 1 atom stereocenters. The Hall–Kier alpha value is -2.12. The van der Waals surface area contributed by atoms with Gasteiger partial charge in [-0.2, -0.15) is 0 Å². The number of nitrogens with one attached hydrogen (secondary N) is 1. The van der Waals surface area contributed by atoms with Crippen LogP contribution in [0.2, 0.25) is 0 Å². The van der Waals surface area contributed by atoms with Crippen LogP contribution in [0, 0.1) is 0 Å². The number of carbonyl (C=O) groups is 1. The molecule has 0 radical (unpaired) electrons. The van der Waals surface area contributed by atoms with E-state index in [9.17, 15) is 4.79 Å². The molecule has 0 saturated carbocycles. The molecule has 0 aliphatic heterocycles. The monoisotopic (exact) mass is 263 g/mol. The average Bonchev–Trinajstić information content (AvgIpc) is 2.42. The van der Waals surface area contributed by atoms with Gasteiger partial charge in [0.15, 0.2) is 0 Å². The van der Waals surface area contributed by atoms with Crippen molar-refractivity contribution in [3.63, 3.8) is 0 Å². The zero-order valence-corrected chi connectivity index (χ0v) is 10.4. The maximum atomic E-state index is 10.9. The summed E-state index contributed by atoms with van der Waals surface area (Å²) in [5.41, 5.74) is 3.21. The lowest BCUT2D eigenvalue weighted by Crippen LogP contribution is -2.25. The first kappa shape index (κ1) is 14.9. The summed E-state index contributed by atoms with van der Waals surface area (Å²) in [4.78, 5) is 22.7. The first-order chi connectivity index (χ1) is 9.24. The number of carboxylic acids is 1. The van der Waals surface area contributed by atoms with Crippen LogP contribution in [0.1, 0.15) is 18.5 Å². The quantitative estimate of drug-likeness (QED) is 0.268. The van der Waals surface area contributed by atoms with Crippen LogP contribution in [0.25, 0.3) is 6.08 Å². The van der Waals surface area contributed by atoms with Gasteiger partial charge in [-0.25, -0.2) is 14.8 Å². The molecule has 1 heterocycles. The van der Waals surface area contributed by atoms with Gasteiger partial charge < -0.3 is 5.11 Å². The number of nitrogens with zero attached hydrogens (tertiary/aromatic N) is 3. The highest BCUT2D eigenvalue weighted by Crippen LogP contribution is 2.01. The topological polar surface area (TPSA) is 113 Å². The number of aliphatic imine (C=N–C) groups is 1. The lowest BCUT2D eigenvalue weighted by molar-refractivity contribution is -0.138. The van der Waals surface area contributed by atoms with E-state index in [1.54, 1.807) is 24.4 Å². The van der Waals surface area contributed by atoms with Crippen LogP contribution in [-0.4, -0.2) is 39.8 Å². The van der Waals surface area contributed by atoms with E-state index in [-0.39, 0.29) is 0 Å². The molecule has 7 nitrogen and oxygen atoms in total. The molecule has 4 N–H and O–H groups in total. The summed E-state index contributed by atoms with van der Waals surface area (Å²) in [6.45, 7) is 0.566. The van der Waals surface area contributed by atoms with Gasteiger partial charge in [0.05, 0.1) is 5.69 Å². The highest BCUT2D eigenvalue weighted by atomic mass is 16.4. The van der Waals surface area contributed by atoms with Crippen molar-refractivity contribution in [1.82, 2.24) is 15.4 Å². The Labute approximate surface area is 111 Å². The predicted octanol–water partition coefficient (Wildman–Crippen LogP) is 0.257.